The first-order valence-corrected chi connectivity index (χ1v) is 14.9. The summed E-state index contributed by atoms with van der Waals surface area (Å²) in [4.78, 5) is 32.6. The van der Waals surface area contributed by atoms with Crippen LogP contribution in [0.3, 0.4) is 0 Å². The number of phenolic OH excluding ortho intramolecular Hbond substituents is 1. The number of rotatable bonds is 12. The molecule has 1 aliphatic heterocycles. The predicted molar refractivity (Wildman–Crippen MR) is 164 cm³/mol. The maximum atomic E-state index is 13.5. The minimum absolute atomic E-state index is 0.141. The van der Waals surface area contributed by atoms with Crippen LogP contribution < -0.4 is 4.74 Å². The Morgan fingerprint density at radius 3 is 2.47 bits per heavy atom. The Balaban J connectivity index is 1.46. The van der Waals surface area contributed by atoms with Crippen molar-refractivity contribution in [2.24, 2.45) is 17.8 Å². The van der Waals surface area contributed by atoms with E-state index in [1.807, 2.05) is 73.7 Å². The number of aliphatic hydroxyl groups is 2. The quantitative estimate of drug-likeness (QED) is 0.206. The summed E-state index contributed by atoms with van der Waals surface area (Å²) in [6.45, 7) is 2.04. The standard InChI is InChI=1S/C35H38N2O6/c1-2-18-37-34(41)28-20-25(22-43-27-8-4-3-5-9-27)32(29(21-38)33(28)35(37)42)31(40)16-13-24(30-10-6-7-17-36-30)19-23-11-14-26(39)15-12-23/h3-12,14-15,17,19,28-29,31,33,38-40H,2,13,16,18,20-22H2,1H3/b24-19-/t28-,29+,31-,33-/m1/s1. The molecule has 1 aromatic heterocycles. The molecule has 1 saturated heterocycles. The molecule has 0 unspecified atom stereocenters. The van der Waals surface area contributed by atoms with Crippen LogP contribution in [0, 0.1) is 17.8 Å². The first-order chi connectivity index (χ1) is 20.9. The third-order valence-corrected chi connectivity index (χ3v) is 8.35. The van der Waals surface area contributed by atoms with Crippen molar-refractivity contribution in [3.05, 3.63) is 101 Å². The lowest BCUT2D eigenvalue weighted by molar-refractivity contribution is -0.140. The van der Waals surface area contributed by atoms with E-state index in [4.69, 9.17) is 4.74 Å². The number of fused-ring (bicyclic) bond motifs is 1. The van der Waals surface area contributed by atoms with Crippen molar-refractivity contribution in [2.75, 3.05) is 19.8 Å². The Kier molecular flexibility index (Phi) is 9.69. The molecule has 224 valence electrons. The summed E-state index contributed by atoms with van der Waals surface area (Å²) in [6, 6.07) is 21.8. The summed E-state index contributed by atoms with van der Waals surface area (Å²) >= 11 is 0. The Morgan fingerprint density at radius 2 is 1.79 bits per heavy atom. The van der Waals surface area contributed by atoms with Gasteiger partial charge in [0.15, 0.2) is 0 Å². The lowest BCUT2D eigenvalue weighted by atomic mass is 9.68. The largest absolute Gasteiger partial charge is 0.508 e. The molecule has 2 heterocycles. The Hall–Kier alpha value is -4.27. The van der Waals surface area contributed by atoms with Gasteiger partial charge in [0.25, 0.3) is 0 Å². The number of pyridine rings is 1. The van der Waals surface area contributed by atoms with E-state index in [0.29, 0.717) is 43.6 Å². The number of carbonyl (C=O) groups is 2. The zero-order chi connectivity index (χ0) is 30.3. The third-order valence-electron chi connectivity index (χ3n) is 8.35. The number of phenols is 1. The molecule has 0 radical (unpaired) electrons. The van der Waals surface area contributed by atoms with Crippen LogP contribution >= 0.6 is 0 Å². The molecule has 2 aliphatic rings. The minimum Gasteiger partial charge on any atom is -0.508 e. The number of carbonyl (C=O) groups excluding carboxylic acids is 2. The van der Waals surface area contributed by atoms with E-state index in [0.717, 1.165) is 22.4 Å². The zero-order valence-corrected chi connectivity index (χ0v) is 24.3. The fraction of sp³-hybridized carbons (Fsp3) is 0.343. The van der Waals surface area contributed by atoms with Crippen molar-refractivity contribution >= 4 is 23.5 Å². The highest BCUT2D eigenvalue weighted by Crippen LogP contribution is 2.46. The average Bonchev–Trinajstić information content (AvgIpc) is 3.27. The number of aliphatic hydroxyl groups excluding tert-OH is 2. The van der Waals surface area contributed by atoms with Crippen molar-refractivity contribution in [2.45, 2.75) is 38.7 Å². The predicted octanol–water partition coefficient (Wildman–Crippen LogP) is 4.87. The number of nitrogens with zero attached hydrogens (tertiary/aromatic N) is 2. The topological polar surface area (TPSA) is 120 Å². The highest BCUT2D eigenvalue weighted by Gasteiger charge is 2.54. The van der Waals surface area contributed by atoms with Gasteiger partial charge in [-0.05, 0) is 90.4 Å². The van der Waals surface area contributed by atoms with Crippen LogP contribution in [0.1, 0.15) is 43.9 Å². The second kappa shape index (κ2) is 13.8. The van der Waals surface area contributed by atoms with E-state index >= 15 is 0 Å². The number of likely N-dealkylation sites (tertiary alicyclic amines) is 1. The van der Waals surface area contributed by atoms with Crippen LogP contribution in [0.25, 0.3) is 11.6 Å². The number of hydrogen-bond acceptors (Lipinski definition) is 7. The molecule has 1 aliphatic carbocycles. The van der Waals surface area contributed by atoms with Gasteiger partial charge in [-0.25, -0.2) is 0 Å². The number of amides is 2. The highest BCUT2D eigenvalue weighted by molar-refractivity contribution is 6.05. The van der Waals surface area contributed by atoms with Gasteiger partial charge in [-0.2, -0.15) is 0 Å². The summed E-state index contributed by atoms with van der Waals surface area (Å²) in [5, 5.41) is 32.1. The summed E-state index contributed by atoms with van der Waals surface area (Å²) in [6.07, 6.45) is 4.41. The summed E-state index contributed by atoms with van der Waals surface area (Å²) < 4.78 is 6.08. The summed E-state index contributed by atoms with van der Waals surface area (Å²) in [5.41, 5.74) is 3.87. The van der Waals surface area contributed by atoms with Crippen molar-refractivity contribution in [1.82, 2.24) is 9.88 Å². The molecule has 8 nitrogen and oxygen atoms in total. The number of allylic oxidation sites excluding steroid dienone is 1. The lowest BCUT2D eigenvalue weighted by Crippen LogP contribution is -2.40. The molecule has 0 spiro atoms. The molecule has 0 bridgehead atoms. The summed E-state index contributed by atoms with van der Waals surface area (Å²) in [5.74, 6) is -1.65. The van der Waals surface area contributed by atoms with Crippen molar-refractivity contribution in [3.63, 3.8) is 0 Å². The number of hydrogen-bond donors (Lipinski definition) is 3. The van der Waals surface area contributed by atoms with Gasteiger partial charge in [-0.15, -0.1) is 0 Å². The first kappa shape index (κ1) is 30.2. The number of para-hydroxylation sites is 1. The average molecular weight is 583 g/mol. The molecule has 4 atom stereocenters. The van der Waals surface area contributed by atoms with Gasteiger partial charge in [0.05, 0.1) is 30.2 Å². The first-order valence-electron chi connectivity index (χ1n) is 14.9. The van der Waals surface area contributed by atoms with Gasteiger partial charge in [-0.3, -0.25) is 19.5 Å². The Morgan fingerprint density at radius 1 is 1.05 bits per heavy atom. The van der Waals surface area contributed by atoms with Crippen LogP contribution in [-0.4, -0.2) is 62.9 Å². The minimum atomic E-state index is -0.984. The van der Waals surface area contributed by atoms with Crippen LogP contribution in [-0.2, 0) is 9.59 Å². The number of ether oxygens (including phenoxy) is 1. The molecule has 3 N–H and O–H groups in total. The maximum absolute atomic E-state index is 13.5. The SMILES string of the molecule is CCCN1C(=O)[C@@H]2[C@@H](CC(COc3ccccc3)=C([C@H](O)CC/C(=C/c3ccc(O)cc3)c3ccccn3)[C@@H]2CO)C1=O. The Labute approximate surface area is 252 Å². The molecule has 3 aromatic rings. The fourth-order valence-electron chi connectivity index (χ4n) is 6.33. The molecule has 5 rings (SSSR count). The highest BCUT2D eigenvalue weighted by atomic mass is 16.5. The molecular weight excluding hydrogens is 544 g/mol. The van der Waals surface area contributed by atoms with Crippen LogP contribution in [0.2, 0.25) is 0 Å². The molecule has 2 aromatic carbocycles. The number of aromatic hydroxyl groups is 1. The van der Waals surface area contributed by atoms with E-state index in [1.165, 1.54) is 4.90 Å². The molecule has 0 saturated carbocycles. The number of benzene rings is 2. The van der Waals surface area contributed by atoms with Gasteiger partial charge in [0, 0.05) is 18.7 Å². The zero-order valence-electron chi connectivity index (χ0n) is 24.3. The van der Waals surface area contributed by atoms with E-state index in [2.05, 4.69) is 4.98 Å². The summed E-state index contributed by atoms with van der Waals surface area (Å²) in [7, 11) is 0. The number of aromatic nitrogens is 1. The number of imide groups is 1. The molecule has 1 fully saturated rings. The van der Waals surface area contributed by atoms with E-state index < -0.39 is 23.9 Å². The van der Waals surface area contributed by atoms with Gasteiger partial charge in [-0.1, -0.05) is 43.3 Å². The second-order valence-electron chi connectivity index (χ2n) is 11.1. The van der Waals surface area contributed by atoms with Crippen molar-refractivity contribution < 1.29 is 29.6 Å². The third kappa shape index (κ3) is 6.71. The smallest absolute Gasteiger partial charge is 0.233 e. The monoisotopic (exact) mass is 582 g/mol. The van der Waals surface area contributed by atoms with Crippen molar-refractivity contribution in [3.8, 4) is 11.5 Å². The van der Waals surface area contributed by atoms with Crippen LogP contribution in [0.5, 0.6) is 11.5 Å². The lowest BCUT2D eigenvalue weighted by Gasteiger charge is -2.36. The normalized spacial score (nSPS) is 21.2. The van der Waals surface area contributed by atoms with Gasteiger partial charge in [0.2, 0.25) is 11.8 Å². The van der Waals surface area contributed by atoms with E-state index in [-0.39, 0.29) is 30.8 Å². The molecule has 2 amide bonds. The molecular formula is C35H38N2O6. The fourth-order valence-corrected chi connectivity index (χ4v) is 6.33. The second-order valence-corrected chi connectivity index (χ2v) is 11.1. The Bertz CT molecular complexity index is 1470. The van der Waals surface area contributed by atoms with Crippen LogP contribution in [0.4, 0.5) is 0 Å². The molecule has 43 heavy (non-hydrogen) atoms. The van der Waals surface area contributed by atoms with Gasteiger partial charge < -0.3 is 20.1 Å². The van der Waals surface area contributed by atoms with Crippen molar-refractivity contribution in [1.29, 1.82) is 0 Å². The van der Waals surface area contributed by atoms with Crippen LogP contribution in [0.15, 0.2) is 90.1 Å². The molecule has 8 heteroatoms. The van der Waals surface area contributed by atoms with E-state index in [1.54, 1.807) is 18.3 Å². The van der Waals surface area contributed by atoms with E-state index in [9.17, 15) is 24.9 Å². The van der Waals surface area contributed by atoms with Gasteiger partial charge in [0.1, 0.15) is 18.1 Å². The van der Waals surface area contributed by atoms with Gasteiger partial charge >= 0.3 is 0 Å². The maximum Gasteiger partial charge on any atom is 0.233 e.